The highest BCUT2D eigenvalue weighted by Crippen LogP contribution is 2.28. The summed E-state index contributed by atoms with van der Waals surface area (Å²) in [5, 5.41) is 7.34. The molecular formula is C14H27N5O. The molecule has 0 atom stereocenters. The standard InChI is InChI=1S/C14H27N5O/c1-9(2)7-16-12(20)8-18(6)14-13(15)11(5)17-19(14)10(3)4/h9-10H,7-8,15H2,1-6H3,(H,16,20). The van der Waals surface area contributed by atoms with E-state index in [0.29, 0.717) is 18.2 Å². The molecule has 1 heterocycles. The lowest BCUT2D eigenvalue weighted by atomic mass is 10.2. The second kappa shape index (κ2) is 6.63. The largest absolute Gasteiger partial charge is 0.394 e. The van der Waals surface area contributed by atoms with Crippen molar-refractivity contribution in [2.45, 2.75) is 40.7 Å². The number of hydrogen-bond acceptors (Lipinski definition) is 4. The highest BCUT2D eigenvalue weighted by Gasteiger charge is 2.19. The number of nitrogens with two attached hydrogens (primary N) is 1. The zero-order valence-corrected chi connectivity index (χ0v) is 13.4. The van der Waals surface area contributed by atoms with Gasteiger partial charge in [-0.05, 0) is 26.7 Å². The van der Waals surface area contributed by atoms with Crippen molar-refractivity contribution in [1.82, 2.24) is 15.1 Å². The Bertz CT molecular complexity index is 464. The van der Waals surface area contributed by atoms with Crippen LogP contribution in [0.2, 0.25) is 0 Å². The molecule has 0 bridgehead atoms. The van der Waals surface area contributed by atoms with Gasteiger partial charge >= 0.3 is 0 Å². The summed E-state index contributed by atoms with van der Waals surface area (Å²) in [6.07, 6.45) is 0. The minimum atomic E-state index is -0.00485. The summed E-state index contributed by atoms with van der Waals surface area (Å²) in [6, 6.07) is 0.196. The Morgan fingerprint density at radius 2 is 2.00 bits per heavy atom. The molecule has 3 N–H and O–H groups in total. The first-order valence-electron chi connectivity index (χ1n) is 7.06. The lowest BCUT2D eigenvalue weighted by Gasteiger charge is -2.22. The van der Waals surface area contributed by atoms with Crippen LogP contribution in [0.15, 0.2) is 0 Å². The van der Waals surface area contributed by atoms with E-state index in [-0.39, 0.29) is 18.5 Å². The Morgan fingerprint density at radius 1 is 1.40 bits per heavy atom. The average Bonchev–Trinajstić information content (AvgIpc) is 2.63. The van der Waals surface area contributed by atoms with E-state index in [1.54, 1.807) is 0 Å². The summed E-state index contributed by atoms with van der Waals surface area (Å²) in [4.78, 5) is 13.8. The van der Waals surface area contributed by atoms with Crippen molar-refractivity contribution in [2.24, 2.45) is 5.92 Å². The predicted octanol–water partition coefficient (Wildman–Crippen LogP) is 1.56. The highest BCUT2D eigenvalue weighted by atomic mass is 16.2. The van der Waals surface area contributed by atoms with Gasteiger partial charge < -0.3 is 16.0 Å². The van der Waals surface area contributed by atoms with E-state index >= 15 is 0 Å². The lowest BCUT2D eigenvalue weighted by Crippen LogP contribution is -2.38. The molecule has 0 saturated heterocycles. The van der Waals surface area contributed by atoms with E-state index in [1.165, 1.54) is 0 Å². The number of rotatable bonds is 6. The summed E-state index contributed by atoms with van der Waals surface area (Å²) in [5.41, 5.74) is 7.51. The second-order valence-electron chi connectivity index (χ2n) is 5.91. The topological polar surface area (TPSA) is 76.2 Å². The van der Waals surface area contributed by atoms with Crippen molar-refractivity contribution in [2.75, 3.05) is 30.8 Å². The van der Waals surface area contributed by atoms with Gasteiger partial charge in [-0.2, -0.15) is 5.10 Å². The summed E-state index contributed by atoms with van der Waals surface area (Å²) in [5.74, 6) is 1.24. The van der Waals surface area contributed by atoms with Crippen LogP contribution < -0.4 is 16.0 Å². The van der Waals surface area contributed by atoms with E-state index in [9.17, 15) is 4.79 Å². The van der Waals surface area contributed by atoms with Gasteiger partial charge in [-0.15, -0.1) is 0 Å². The van der Waals surface area contributed by atoms with Gasteiger partial charge in [-0.1, -0.05) is 13.8 Å². The number of amides is 1. The summed E-state index contributed by atoms with van der Waals surface area (Å²) in [7, 11) is 1.86. The number of nitrogens with one attached hydrogen (secondary N) is 1. The molecule has 0 saturated carbocycles. The van der Waals surface area contributed by atoms with E-state index in [1.807, 2.05) is 37.4 Å². The molecule has 0 spiro atoms. The molecular weight excluding hydrogens is 254 g/mol. The van der Waals surface area contributed by atoms with Gasteiger partial charge in [0.05, 0.1) is 17.9 Å². The molecule has 0 radical (unpaired) electrons. The molecule has 1 aromatic rings. The Labute approximate surface area is 121 Å². The molecule has 0 fully saturated rings. The molecule has 0 aromatic carbocycles. The van der Waals surface area contributed by atoms with Gasteiger partial charge in [0.15, 0.2) is 5.82 Å². The van der Waals surface area contributed by atoms with E-state index in [4.69, 9.17) is 5.73 Å². The van der Waals surface area contributed by atoms with Crippen LogP contribution in [0.1, 0.15) is 39.4 Å². The van der Waals surface area contributed by atoms with Gasteiger partial charge in [0.2, 0.25) is 5.91 Å². The van der Waals surface area contributed by atoms with Gasteiger partial charge in [-0.25, -0.2) is 4.68 Å². The fourth-order valence-electron chi connectivity index (χ4n) is 1.95. The van der Waals surface area contributed by atoms with Crippen molar-refractivity contribution in [3.05, 3.63) is 5.69 Å². The number of nitrogens with zero attached hydrogens (tertiary/aromatic N) is 3. The molecule has 1 aromatic heterocycles. The normalized spacial score (nSPS) is 11.2. The number of aromatic nitrogens is 2. The number of carbonyl (C=O) groups is 1. The Morgan fingerprint density at radius 3 is 2.50 bits per heavy atom. The Balaban J connectivity index is 2.82. The fourth-order valence-corrected chi connectivity index (χ4v) is 1.95. The third kappa shape index (κ3) is 3.88. The first-order chi connectivity index (χ1) is 9.23. The van der Waals surface area contributed by atoms with Crippen LogP contribution in [0.25, 0.3) is 0 Å². The first-order valence-corrected chi connectivity index (χ1v) is 7.06. The predicted molar refractivity (Wildman–Crippen MR) is 82.9 cm³/mol. The van der Waals surface area contributed by atoms with Gasteiger partial charge in [0.1, 0.15) is 0 Å². The maximum absolute atomic E-state index is 11.9. The Kier molecular flexibility index (Phi) is 5.42. The van der Waals surface area contributed by atoms with Gasteiger partial charge in [0, 0.05) is 19.6 Å². The molecule has 114 valence electrons. The van der Waals surface area contributed by atoms with Crippen LogP contribution in [0.4, 0.5) is 11.5 Å². The molecule has 1 amide bonds. The van der Waals surface area contributed by atoms with Crippen LogP contribution in [0, 0.1) is 12.8 Å². The molecule has 0 aliphatic heterocycles. The fraction of sp³-hybridized carbons (Fsp3) is 0.714. The Hall–Kier alpha value is -1.72. The quantitative estimate of drug-likeness (QED) is 0.829. The molecule has 1 rings (SSSR count). The zero-order valence-electron chi connectivity index (χ0n) is 13.4. The molecule has 0 aliphatic rings. The van der Waals surface area contributed by atoms with E-state index < -0.39 is 0 Å². The van der Waals surface area contributed by atoms with Crippen LogP contribution in [0.3, 0.4) is 0 Å². The highest BCUT2D eigenvalue weighted by molar-refractivity contribution is 5.82. The maximum atomic E-state index is 11.9. The van der Waals surface area contributed by atoms with Gasteiger partial charge in [0.25, 0.3) is 0 Å². The van der Waals surface area contributed by atoms with Crippen molar-refractivity contribution in [3.8, 4) is 0 Å². The van der Waals surface area contributed by atoms with Crippen LogP contribution in [-0.4, -0.2) is 35.8 Å². The van der Waals surface area contributed by atoms with Gasteiger partial charge in [-0.3, -0.25) is 4.79 Å². The molecule has 0 aliphatic carbocycles. The average molecular weight is 281 g/mol. The van der Waals surface area contributed by atoms with Crippen molar-refractivity contribution in [1.29, 1.82) is 0 Å². The summed E-state index contributed by atoms with van der Waals surface area (Å²) in [6.45, 7) is 11.1. The molecule has 20 heavy (non-hydrogen) atoms. The third-order valence-corrected chi connectivity index (χ3v) is 3.04. The molecule has 6 nitrogen and oxygen atoms in total. The minimum absolute atomic E-state index is 0.00485. The van der Waals surface area contributed by atoms with E-state index in [2.05, 4.69) is 24.3 Å². The monoisotopic (exact) mass is 281 g/mol. The molecule has 6 heteroatoms. The number of anilines is 2. The SMILES string of the molecule is Cc1nn(C(C)C)c(N(C)CC(=O)NCC(C)C)c1N. The number of nitrogen functional groups attached to an aromatic ring is 1. The first kappa shape index (κ1) is 16.3. The minimum Gasteiger partial charge on any atom is -0.394 e. The third-order valence-electron chi connectivity index (χ3n) is 3.04. The van der Waals surface area contributed by atoms with Crippen LogP contribution in [0.5, 0.6) is 0 Å². The van der Waals surface area contributed by atoms with Crippen molar-refractivity contribution in [3.63, 3.8) is 0 Å². The summed E-state index contributed by atoms with van der Waals surface area (Å²) >= 11 is 0. The second-order valence-corrected chi connectivity index (χ2v) is 5.91. The van der Waals surface area contributed by atoms with Crippen molar-refractivity contribution >= 4 is 17.4 Å². The van der Waals surface area contributed by atoms with E-state index in [0.717, 1.165) is 11.5 Å². The zero-order chi connectivity index (χ0) is 15.4. The van der Waals surface area contributed by atoms with Crippen molar-refractivity contribution < 1.29 is 4.79 Å². The lowest BCUT2D eigenvalue weighted by molar-refractivity contribution is -0.119. The maximum Gasteiger partial charge on any atom is 0.239 e. The number of carbonyl (C=O) groups excluding carboxylic acids is 1. The van der Waals surface area contributed by atoms with Crippen LogP contribution >= 0.6 is 0 Å². The smallest absolute Gasteiger partial charge is 0.239 e. The number of likely N-dealkylation sites (N-methyl/N-ethyl adjacent to an activating group) is 1. The van der Waals surface area contributed by atoms with Crippen LogP contribution in [-0.2, 0) is 4.79 Å². The summed E-state index contributed by atoms with van der Waals surface area (Å²) < 4.78 is 1.86. The number of aryl methyl sites for hydroxylation is 1. The molecule has 0 unspecified atom stereocenters. The number of hydrogen-bond donors (Lipinski definition) is 2.